The van der Waals surface area contributed by atoms with Crippen molar-refractivity contribution in [3.8, 4) is 11.5 Å². The van der Waals surface area contributed by atoms with Gasteiger partial charge >= 0.3 is 7.82 Å². The fourth-order valence-corrected chi connectivity index (χ4v) is 4.12. The molecule has 0 bridgehead atoms. The van der Waals surface area contributed by atoms with Gasteiger partial charge in [0.15, 0.2) is 0 Å². The third kappa shape index (κ3) is 5.77. The van der Waals surface area contributed by atoms with Crippen molar-refractivity contribution in [3.05, 3.63) is 72.8 Å². The third-order valence-corrected chi connectivity index (χ3v) is 5.34. The first-order valence-corrected chi connectivity index (χ1v) is 10.1. The second-order valence-corrected chi connectivity index (χ2v) is 7.45. The van der Waals surface area contributed by atoms with Gasteiger partial charge in [-0.05, 0) is 49.9 Å². The molecule has 0 heterocycles. The highest BCUT2D eigenvalue weighted by Gasteiger charge is 2.34. The SMILES string of the molecule is O=P(Oc1ccccc1)(Oc1ccccc1)OC1C/C=C\CCCC1. The fourth-order valence-electron chi connectivity index (χ4n) is 2.68. The van der Waals surface area contributed by atoms with Crippen molar-refractivity contribution in [1.29, 1.82) is 0 Å². The Morgan fingerprint density at radius 2 is 1.40 bits per heavy atom. The van der Waals surface area contributed by atoms with Gasteiger partial charge in [-0.1, -0.05) is 55.0 Å². The summed E-state index contributed by atoms with van der Waals surface area (Å²) in [6, 6.07) is 18.0. The lowest BCUT2D eigenvalue weighted by molar-refractivity contribution is 0.134. The monoisotopic (exact) mass is 358 g/mol. The van der Waals surface area contributed by atoms with Gasteiger partial charge in [0.05, 0.1) is 6.10 Å². The molecule has 0 amide bonds. The van der Waals surface area contributed by atoms with Crippen molar-refractivity contribution >= 4 is 7.82 Å². The van der Waals surface area contributed by atoms with Crippen LogP contribution in [0.25, 0.3) is 0 Å². The average molecular weight is 358 g/mol. The highest BCUT2D eigenvalue weighted by Crippen LogP contribution is 2.51. The predicted octanol–water partition coefficient (Wildman–Crippen LogP) is 6.16. The summed E-state index contributed by atoms with van der Waals surface area (Å²) in [5.41, 5.74) is 0. The summed E-state index contributed by atoms with van der Waals surface area (Å²) < 4.78 is 30.5. The summed E-state index contributed by atoms with van der Waals surface area (Å²) in [7, 11) is -3.80. The summed E-state index contributed by atoms with van der Waals surface area (Å²) >= 11 is 0. The van der Waals surface area contributed by atoms with Gasteiger partial charge in [0.2, 0.25) is 0 Å². The molecule has 4 nitrogen and oxygen atoms in total. The molecule has 1 aliphatic rings. The first-order chi connectivity index (χ1) is 12.2. The van der Waals surface area contributed by atoms with Crippen molar-refractivity contribution in [2.75, 3.05) is 0 Å². The zero-order valence-corrected chi connectivity index (χ0v) is 15.0. The second kappa shape index (κ2) is 8.89. The van der Waals surface area contributed by atoms with E-state index in [0.717, 1.165) is 25.7 Å². The normalized spacial score (nSPS) is 19.4. The van der Waals surface area contributed by atoms with E-state index < -0.39 is 7.82 Å². The van der Waals surface area contributed by atoms with E-state index in [1.807, 2.05) is 36.4 Å². The topological polar surface area (TPSA) is 44.8 Å². The van der Waals surface area contributed by atoms with E-state index in [4.69, 9.17) is 13.6 Å². The maximum Gasteiger partial charge on any atom is 0.587 e. The van der Waals surface area contributed by atoms with Gasteiger partial charge in [-0.3, -0.25) is 4.52 Å². The van der Waals surface area contributed by atoms with E-state index >= 15 is 0 Å². The van der Waals surface area contributed by atoms with Gasteiger partial charge in [-0.2, -0.15) is 0 Å². The Kier molecular flexibility index (Phi) is 6.32. The van der Waals surface area contributed by atoms with Crippen LogP contribution in [0.3, 0.4) is 0 Å². The van der Waals surface area contributed by atoms with Gasteiger partial charge in [-0.25, -0.2) is 4.57 Å². The molecule has 1 unspecified atom stereocenters. The fraction of sp³-hybridized carbons (Fsp3) is 0.300. The lowest BCUT2D eigenvalue weighted by atomic mass is 10.0. The molecular formula is C20H23O4P. The van der Waals surface area contributed by atoms with Crippen LogP contribution < -0.4 is 9.05 Å². The van der Waals surface area contributed by atoms with Crippen molar-refractivity contribution in [2.45, 2.75) is 38.2 Å². The van der Waals surface area contributed by atoms with Gasteiger partial charge in [0.1, 0.15) is 11.5 Å². The lowest BCUT2D eigenvalue weighted by Gasteiger charge is -2.24. The highest BCUT2D eigenvalue weighted by atomic mass is 31.2. The molecule has 0 aromatic heterocycles. The number of phosphoric acid groups is 1. The molecule has 2 aromatic carbocycles. The number of para-hydroxylation sites is 2. The molecule has 0 fully saturated rings. The van der Waals surface area contributed by atoms with Gasteiger partial charge in [0.25, 0.3) is 0 Å². The van der Waals surface area contributed by atoms with Crippen LogP contribution in [0.2, 0.25) is 0 Å². The summed E-state index contributed by atoms with van der Waals surface area (Å²) in [5.74, 6) is 0.923. The summed E-state index contributed by atoms with van der Waals surface area (Å²) in [5, 5.41) is 0. The largest absolute Gasteiger partial charge is 0.587 e. The molecule has 0 N–H and O–H groups in total. The van der Waals surface area contributed by atoms with E-state index in [1.54, 1.807) is 24.3 Å². The smallest absolute Gasteiger partial charge is 0.395 e. The van der Waals surface area contributed by atoms with Crippen LogP contribution in [0, 0.1) is 0 Å². The summed E-state index contributed by atoms with van der Waals surface area (Å²) in [4.78, 5) is 0. The van der Waals surface area contributed by atoms with Crippen LogP contribution in [0.1, 0.15) is 32.1 Å². The minimum absolute atomic E-state index is 0.185. The zero-order valence-electron chi connectivity index (χ0n) is 14.1. The first kappa shape index (κ1) is 17.8. The molecule has 0 radical (unpaired) electrons. The average Bonchev–Trinajstić information content (AvgIpc) is 2.59. The van der Waals surface area contributed by atoms with Gasteiger partial charge in [-0.15, -0.1) is 0 Å². The quantitative estimate of drug-likeness (QED) is 0.458. The molecule has 2 aromatic rings. The Bertz CT molecular complexity index is 669. The molecule has 0 aliphatic heterocycles. The molecule has 0 saturated heterocycles. The molecule has 132 valence electrons. The van der Waals surface area contributed by atoms with Crippen LogP contribution in [-0.2, 0) is 9.09 Å². The standard InChI is InChI=1S/C20H23O4P/c21-25(23-19-14-8-4-9-15-19,24-20-16-10-5-11-17-20)22-18-12-6-2-1-3-7-13-18/h2,4-6,8-11,14-18H,1,3,7,12-13H2/b6-2-. The van der Waals surface area contributed by atoms with Gasteiger partial charge in [0, 0.05) is 0 Å². The molecule has 1 atom stereocenters. The number of hydrogen-bond acceptors (Lipinski definition) is 4. The predicted molar refractivity (Wildman–Crippen MR) is 98.8 cm³/mol. The van der Waals surface area contributed by atoms with Crippen molar-refractivity contribution < 1.29 is 18.1 Å². The van der Waals surface area contributed by atoms with E-state index in [0.29, 0.717) is 17.9 Å². The minimum atomic E-state index is -3.80. The van der Waals surface area contributed by atoms with Crippen molar-refractivity contribution in [2.24, 2.45) is 0 Å². The Balaban J connectivity index is 1.78. The van der Waals surface area contributed by atoms with E-state index in [1.165, 1.54) is 0 Å². The minimum Gasteiger partial charge on any atom is -0.395 e. The molecule has 1 aliphatic carbocycles. The molecular weight excluding hydrogens is 335 g/mol. The van der Waals surface area contributed by atoms with Gasteiger partial charge < -0.3 is 9.05 Å². The molecule has 25 heavy (non-hydrogen) atoms. The molecule has 0 spiro atoms. The number of hydrogen-bond donors (Lipinski definition) is 0. The third-order valence-electron chi connectivity index (χ3n) is 3.91. The van der Waals surface area contributed by atoms with Crippen LogP contribution >= 0.6 is 7.82 Å². The Labute approximate surface area is 149 Å². The Morgan fingerprint density at radius 1 is 0.800 bits per heavy atom. The van der Waals surface area contributed by atoms with E-state index in [2.05, 4.69) is 12.2 Å². The Morgan fingerprint density at radius 3 is 2.00 bits per heavy atom. The Hall–Kier alpha value is -2.03. The number of benzene rings is 2. The highest BCUT2D eigenvalue weighted by molar-refractivity contribution is 7.49. The molecule has 3 rings (SSSR count). The molecule has 0 saturated carbocycles. The number of rotatable bonds is 6. The van der Waals surface area contributed by atoms with Crippen molar-refractivity contribution in [1.82, 2.24) is 0 Å². The maximum atomic E-state index is 13.3. The summed E-state index contributed by atoms with van der Waals surface area (Å²) in [6.07, 6.45) is 8.83. The lowest BCUT2D eigenvalue weighted by Crippen LogP contribution is -2.16. The maximum absolute atomic E-state index is 13.3. The first-order valence-electron chi connectivity index (χ1n) is 8.66. The molecule has 5 heteroatoms. The summed E-state index contributed by atoms with van der Waals surface area (Å²) in [6.45, 7) is 0. The zero-order chi connectivity index (χ0) is 17.4. The van der Waals surface area contributed by atoms with Crippen molar-refractivity contribution in [3.63, 3.8) is 0 Å². The second-order valence-electron chi connectivity index (χ2n) is 5.97. The van der Waals surface area contributed by atoms with E-state index in [9.17, 15) is 4.57 Å². The van der Waals surface area contributed by atoms with Crippen LogP contribution in [0.5, 0.6) is 11.5 Å². The number of allylic oxidation sites excluding steroid dienone is 1. The van der Waals surface area contributed by atoms with Crippen LogP contribution in [0.15, 0.2) is 72.8 Å². The van der Waals surface area contributed by atoms with Crippen LogP contribution in [0.4, 0.5) is 0 Å². The van der Waals surface area contributed by atoms with E-state index in [-0.39, 0.29) is 6.10 Å². The van der Waals surface area contributed by atoms with Crippen LogP contribution in [-0.4, -0.2) is 6.10 Å². The number of phosphoric ester groups is 1.